The van der Waals surface area contributed by atoms with E-state index in [1.54, 1.807) is 14.2 Å². The van der Waals surface area contributed by atoms with E-state index in [4.69, 9.17) is 9.47 Å². The predicted molar refractivity (Wildman–Crippen MR) is 109 cm³/mol. The van der Waals surface area contributed by atoms with Gasteiger partial charge in [-0.05, 0) is 24.3 Å². The van der Waals surface area contributed by atoms with Crippen molar-refractivity contribution in [1.82, 2.24) is 4.57 Å². The van der Waals surface area contributed by atoms with E-state index in [0.717, 1.165) is 37.2 Å². The fourth-order valence-corrected chi connectivity index (χ4v) is 3.86. The lowest BCUT2D eigenvalue weighted by Gasteiger charge is -2.12. The molecule has 0 saturated heterocycles. The number of aromatic nitrogens is 1. The molecule has 0 aliphatic rings. The van der Waals surface area contributed by atoms with Crippen LogP contribution in [0.4, 0.5) is 0 Å². The molecular formula is C20H15Br2NO2. The van der Waals surface area contributed by atoms with Crippen LogP contribution < -0.4 is 9.47 Å². The summed E-state index contributed by atoms with van der Waals surface area (Å²) in [7, 11) is 3.33. The zero-order valence-corrected chi connectivity index (χ0v) is 16.9. The first-order chi connectivity index (χ1) is 12.1. The first-order valence-electron chi connectivity index (χ1n) is 7.73. The van der Waals surface area contributed by atoms with Crippen molar-refractivity contribution in [3.8, 4) is 17.2 Å². The third-order valence-corrected chi connectivity index (χ3v) is 5.27. The van der Waals surface area contributed by atoms with Gasteiger partial charge in [0.15, 0.2) is 0 Å². The van der Waals surface area contributed by atoms with Crippen LogP contribution in [0.5, 0.6) is 11.5 Å². The van der Waals surface area contributed by atoms with Crippen LogP contribution in [0.15, 0.2) is 63.5 Å². The Labute approximate surface area is 162 Å². The van der Waals surface area contributed by atoms with Crippen molar-refractivity contribution in [3.63, 3.8) is 0 Å². The van der Waals surface area contributed by atoms with Crippen LogP contribution in [-0.4, -0.2) is 18.8 Å². The molecule has 0 bridgehead atoms. The molecule has 1 aromatic heterocycles. The molecule has 0 fully saturated rings. The Morgan fingerprint density at radius 3 is 1.60 bits per heavy atom. The van der Waals surface area contributed by atoms with E-state index < -0.39 is 0 Å². The molecule has 0 spiro atoms. The molecule has 0 unspecified atom stereocenters. The summed E-state index contributed by atoms with van der Waals surface area (Å²) in [4.78, 5) is 0. The van der Waals surface area contributed by atoms with Crippen LogP contribution in [0.25, 0.3) is 27.5 Å². The Kier molecular flexibility index (Phi) is 4.21. The average Bonchev–Trinajstić information content (AvgIpc) is 2.93. The van der Waals surface area contributed by atoms with Gasteiger partial charge in [-0.25, -0.2) is 0 Å². The highest BCUT2D eigenvalue weighted by Crippen LogP contribution is 2.36. The highest BCUT2D eigenvalue weighted by Gasteiger charge is 2.14. The molecule has 0 aliphatic heterocycles. The van der Waals surface area contributed by atoms with Crippen molar-refractivity contribution in [2.75, 3.05) is 14.2 Å². The molecule has 0 aliphatic carbocycles. The molecule has 25 heavy (non-hydrogen) atoms. The number of halogens is 2. The van der Waals surface area contributed by atoms with Crippen LogP contribution in [0.3, 0.4) is 0 Å². The maximum atomic E-state index is 5.46. The van der Waals surface area contributed by atoms with Gasteiger partial charge in [0.25, 0.3) is 0 Å². The van der Waals surface area contributed by atoms with Gasteiger partial charge in [-0.2, -0.15) is 0 Å². The van der Waals surface area contributed by atoms with Gasteiger partial charge in [-0.3, -0.25) is 0 Å². The maximum absolute atomic E-state index is 5.46. The number of methoxy groups -OCH3 is 2. The summed E-state index contributed by atoms with van der Waals surface area (Å²) in [6, 6.07) is 18.6. The van der Waals surface area contributed by atoms with E-state index >= 15 is 0 Å². The number of hydrogen-bond donors (Lipinski definition) is 0. The fraction of sp³-hybridized carbons (Fsp3) is 0.100. The molecule has 0 amide bonds. The van der Waals surface area contributed by atoms with Crippen molar-refractivity contribution < 1.29 is 9.47 Å². The van der Waals surface area contributed by atoms with Gasteiger partial charge >= 0.3 is 0 Å². The Bertz CT molecular complexity index is 1020. The van der Waals surface area contributed by atoms with Crippen molar-refractivity contribution in [2.24, 2.45) is 0 Å². The lowest BCUT2D eigenvalue weighted by atomic mass is 10.2. The third-order valence-electron chi connectivity index (χ3n) is 4.29. The van der Waals surface area contributed by atoms with E-state index in [0.29, 0.717) is 0 Å². The number of nitrogens with zero attached hydrogens (tertiary/aromatic N) is 1. The first-order valence-corrected chi connectivity index (χ1v) is 9.32. The second kappa shape index (κ2) is 6.39. The Hall–Kier alpha value is -1.98. The second-order valence-electron chi connectivity index (χ2n) is 5.73. The molecule has 3 nitrogen and oxygen atoms in total. The Morgan fingerprint density at radius 1 is 0.680 bits per heavy atom. The minimum Gasteiger partial charge on any atom is -0.497 e. The lowest BCUT2D eigenvalue weighted by molar-refractivity contribution is 0.394. The maximum Gasteiger partial charge on any atom is 0.124 e. The fourth-order valence-electron chi connectivity index (χ4n) is 3.16. The van der Waals surface area contributed by atoms with Gasteiger partial charge in [0.05, 0.1) is 30.9 Å². The molecular weight excluding hydrogens is 446 g/mol. The van der Waals surface area contributed by atoms with E-state index in [1.807, 2.05) is 18.2 Å². The van der Waals surface area contributed by atoms with Gasteiger partial charge in [-0.1, -0.05) is 44.0 Å². The van der Waals surface area contributed by atoms with E-state index in [-0.39, 0.29) is 0 Å². The summed E-state index contributed by atoms with van der Waals surface area (Å²) in [6.45, 7) is 0. The topological polar surface area (TPSA) is 23.4 Å². The normalized spacial score (nSPS) is 11.2. The molecule has 0 radical (unpaired) electrons. The Balaban J connectivity index is 2.15. The summed E-state index contributed by atoms with van der Waals surface area (Å²) in [5, 5.41) is 2.40. The van der Waals surface area contributed by atoms with Gasteiger partial charge in [0.2, 0.25) is 0 Å². The molecule has 0 saturated carbocycles. The molecule has 3 aromatic carbocycles. The molecule has 5 heteroatoms. The van der Waals surface area contributed by atoms with Gasteiger partial charge in [0.1, 0.15) is 11.5 Å². The minimum atomic E-state index is 0.759. The number of hydrogen-bond acceptors (Lipinski definition) is 2. The number of rotatable bonds is 3. The van der Waals surface area contributed by atoms with Crippen LogP contribution >= 0.6 is 31.9 Å². The number of fused-ring (bicyclic) bond motifs is 3. The highest BCUT2D eigenvalue weighted by molar-refractivity contribution is 9.10. The molecule has 4 aromatic rings. The lowest BCUT2D eigenvalue weighted by Crippen LogP contribution is -1.96. The largest absolute Gasteiger partial charge is 0.497 e. The molecule has 126 valence electrons. The monoisotopic (exact) mass is 459 g/mol. The van der Waals surface area contributed by atoms with Crippen LogP contribution in [0.1, 0.15) is 0 Å². The summed E-state index contributed by atoms with van der Waals surface area (Å²) in [5.74, 6) is 1.52. The molecule has 1 heterocycles. The quantitative estimate of drug-likeness (QED) is 0.356. The Morgan fingerprint density at radius 2 is 1.16 bits per heavy atom. The van der Waals surface area contributed by atoms with Crippen molar-refractivity contribution >= 4 is 53.7 Å². The zero-order valence-electron chi connectivity index (χ0n) is 13.7. The molecule has 4 rings (SSSR count). The SMILES string of the molecule is COc1cc(OC)cc(-n2c3cc(Br)ccc3c3ccc(Br)cc32)c1. The molecule has 0 N–H and O–H groups in total. The number of benzene rings is 3. The molecule has 0 atom stereocenters. The predicted octanol–water partition coefficient (Wildman–Crippen LogP) is 6.33. The van der Waals surface area contributed by atoms with Gasteiger partial charge in [-0.15, -0.1) is 0 Å². The van der Waals surface area contributed by atoms with Crippen LogP contribution in [-0.2, 0) is 0 Å². The standard InChI is InChI=1S/C20H15Br2NO2/c1-24-15-9-14(10-16(11-15)25-2)23-19-7-12(21)3-5-17(19)18-6-4-13(22)8-20(18)23/h3-11H,1-2H3. The van der Waals surface area contributed by atoms with Crippen LogP contribution in [0.2, 0.25) is 0 Å². The zero-order chi connectivity index (χ0) is 17.6. The summed E-state index contributed by atoms with van der Waals surface area (Å²) < 4.78 is 15.2. The second-order valence-corrected chi connectivity index (χ2v) is 7.56. The van der Waals surface area contributed by atoms with E-state index in [2.05, 4.69) is 72.8 Å². The summed E-state index contributed by atoms with van der Waals surface area (Å²) in [6.07, 6.45) is 0. The van der Waals surface area contributed by atoms with E-state index in [9.17, 15) is 0 Å². The van der Waals surface area contributed by atoms with Crippen LogP contribution in [0, 0.1) is 0 Å². The van der Waals surface area contributed by atoms with Crippen molar-refractivity contribution in [1.29, 1.82) is 0 Å². The van der Waals surface area contributed by atoms with Gasteiger partial charge in [0, 0.05) is 37.9 Å². The highest BCUT2D eigenvalue weighted by atomic mass is 79.9. The number of ether oxygens (including phenoxy) is 2. The van der Waals surface area contributed by atoms with Crippen molar-refractivity contribution in [3.05, 3.63) is 63.5 Å². The minimum absolute atomic E-state index is 0.759. The first kappa shape index (κ1) is 16.5. The smallest absolute Gasteiger partial charge is 0.124 e. The van der Waals surface area contributed by atoms with E-state index in [1.165, 1.54) is 10.8 Å². The van der Waals surface area contributed by atoms with Gasteiger partial charge < -0.3 is 14.0 Å². The summed E-state index contributed by atoms with van der Waals surface area (Å²) >= 11 is 7.19. The average molecular weight is 461 g/mol. The third kappa shape index (κ3) is 2.81. The summed E-state index contributed by atoms with van der Waals surface area (Å²) in [5.41, 5.74) is 3.24. The van der Waals surface area contributed by atoms with Crippen molar-refractivity contribution in [2.45, 2.75) is 0 Å².